The Bertz CT molecular complexity index is 201. The van der Waals surface area contributed by atoms with Crippen LogP contribution in [0.1, 0.15) is 6.92 Å². The Morgan fingerprint density at radius 3 is 2.50 bits per heavy atom. The fourth-order valence-electron chi connectivity index (χ4n) is 0.876. The van der Waals surface area contributed by atoms with Crippen molar-refractivity contribution in [3.8, 4) is 0 Å². The number of rotatable bonds is 3. The van der Waals surface area contributed by atoms with Crippen LogP contribution in [0.25, 0.3) is 0 Å². The zero-order valence-corrected chi connectivity index (χ0v) is 6.96. The molecule has 0 aromatic rings. The van der Waals surface area contributed by atoms with Crippen LogP contribution in [0, 0.1) is 5.92 Å². The zero-order chi connectivity index (χ0) is 9.14. The van der Waals surface area contributed by atoms with Gasteiger partial charge in [-0.05, 0) is 6.92 Å². The molecule has 68 valence electrons. The minimum absolute atomic E-state index is 0.00630. The van der Waals surface area contributed by atoms with Crippen LogP contribution in [0.4, 0.5) is 0 Å². The van der Waals surface area contributed by atoms with Crippen molar-refractivity contribution >= 4 is 11.8 Å². The minimum Gasteiger partial charge on any atom is -0.368 e. The van der Waals surface area contributed by atoms with Crippen LogP contribution >= 0.6 is 0 Å². The van der Waals surface area contributed by atoms with Crippen molar-refractivity contribution in [2.45, 2.75) is 13.0 Å². The highest BCUT2D eigenvalue weighted by Gasteiger charge is 2.26. The monoisotopic (exact) mass is 171 g/mol. The van der Waals surface area contributed by atoms with Crippen LogP contribution in [0.15, 0.2) is 0 Å². The van der Waals surface area contributed by atoms with E-state index in [1.807, 2.05) is 0 Å². The molecule has 5 nitrogen and oxygen atoms in total. The lowest BCUT2D eigenvalue weighted by molar-refractivity contribution is -0.130. The number of carbonyl (C=O) groups is 2. The first-order chi connectivity index (χ1) is 5.61. The van der Waals surface area contributed by atoms with Gasteiger partial charge < -0.3 is 16.4 Å². The van der Waals surface area contributed by atoms with Crippen LogP contribution in [-0.2, 0) is 9.59 Å². The lowest BCUT2D eigenvalue weighted by Crippen LogP contribution is -2.54. The molecule has 0 bridgehead atoms. The standard InChI is InChI=1S/C7H13N3O2/c1-4(6(8)11)10-7(12)5-2-9-3-5/h4-5,9H,2-3H2,1H3,(H2,8,11)(H,10,12)/t4-/m1/s1. The number of carbonyl (C=O) groups excluding carboxylic acids is 2. The van der Waals surface area contributed by atoms with Gasteiger partial charge >= 0.3 is 0 Å². The van der Waals surface area contributed by atoms with Gasteiger partial charge in [-0.1, -0.05) is 0 Å². The second kappa shape index (κ2) is 3.53. The van der Waals surface area contributed by atoms with Crippen LogP contribution < -0.4 is 16.4 Å². The normalized spacial score (nSPS) is 19.4. The predicted molar refractivity (Wildman–Crippen MR) is 43.2 cm³/mol. The highest BCUT2D eigenvalue weighted by molar-refractivity contribution is 5.87. The topological polar surface area (TPSA) is 84.2 Å². The van der Waals surface area contributed by atoms with Crippen LogP contribution in [0.5, 0.6) is 0 Å². The molecule has 5 heteroatoms. The Hall–Kier alpha value is -1.10. The van der Waals surface area contributed by atoms with E-state index in [0.717, 1.165) is 0 Å². The van der Waals surface area contributed by atoms with Crippen LogP contribution in [0.3, 0.4) is 0 Å². The number of nitrogens with one attached hydrogen (secondary N) is 2. The number of primary amides is 1. The lowest BCUT2D eigenvalue weighted by atomic mass is 10.0. The van der Waals surface area contributed by atoms with E-state index in [0.29, 0.717) is 13.1 Å². The zero-order valence-electron chi connectivity index (χ0n) is 6.96. The van der Waals surface area contributed by atoms with Gasteiger partial charge in [-0.2, -0.15) is 0 Å². The molecule has 4 N–H and O–H groups in total. The Kier molecular flexibility index (Phi) is 2.65. The molecule has 0 radical (unpaired) electrons. The van der Waals surface area contributed by atoms with Gasteiger partial charge in [-0.3, -0.25) is 9.59 Å². The first-order valence-corrected chi connectivity index (χ1v) is 3.91. The van der Waals surface area contributed by atoms with Gasteiger partial charge in [0.2, 0.25) is 11.8 Å². The maximum absolute atomic E-state index is 11.2. The highest BCUT2D eigenvalue weighted by Crippen LogP contribution is 2.02. The average Bonchev–Trinajstić information content (AvgIpc) is 1.82. The second-order valence-corrected chi connectivity index (χ2v) is 2.99. The number of hydrogen-bond donors (Lipinski definition) is 3. The Balaban J connectivity index is 2.29. The number of hydrogen-bond acceptors (Lipinski definition) is 3. The molecule has 0 unspecified atom stereocenters. The summed E-state index contributed by atoms with van der Waals surface area (Å²) in [6.45, 7) is 2.96. The van der Waals surface area contributed by atoms with Crippen molar-refractivity contribution in [2.24, 2.45) is 11.7 Å². The first-order valence-electron chi connectivity index (χ1n) is 3.91. The van der Waals surface area contributed by atoms with E-state index in [9.17, 15) is 9.59 Å². The molecule has 0 aliphatic carbocycles. The minimum atomic E-state index is -0.571. The molecule has 0 spiro atoms. The maximum Gasteiger partial charge on any atom is 0.239 e. The van der Waals surface area contributed by atoms with Crippen molar-refractivity contribution in [2.75, 3.05) is 13.1 Å². The Morgan fingerprint density at radius 1 is 1.58 bits per heavy atom. The van der Waals surface area contributed by atoms with Gasteiger partial charge in [0.05, 0.1) is 5.92 Å². The van der Waals surface area contributed by atoms with Crippen molar-refractivity contribution in [3.63, 3.8) is 0 Å². The number of amides is 2. The predicted octanol–water partition coefficient (Wildman–Crippen LogP) is -1.80. The quantitative estimate of drug-likeness (QED) is 0.468. The van der Waals surface area contributed by atoms with Gasteiger partial charge in [-0.25, -0.2) is 0 Å². The molecule has 1 aliphatic rings. The van der Waals surface area contributed by atoms with E-state index < -0.39 is 11.9 Å². The van der Waals surface area contributed by atoms with E-state index in [1.165, 1.54) is 0 Å². The smallest absolute Gasteiger partial charge is 0.239 e. The molecule has 0 aromatic carbocycles. The molecular weight excluding hydrogens is 158 g/mol. The van der Waals surface area contributed by atoms with Crippen molar-refractivity contribution in [3.05, 3.63) is 0 Å². The largest absolute Gasteiger partial charge is 0.368 e. The molecule has 12 heavy (non-hydrogen) atoms. The fourth-order valence-corrected chi connectivity index (χ4v) is 0.876. The molecule has 1 rings (SSSR count). The Morgan fingerprint density at radius 2 is 2.17 bits per heavy atom. The summed E-state index contributed by atoms with van der Waals surface area (Å²) in [6.07, 6.45) is 0. The highest BCUT2D eigenvalue weighted by atomic mass is 16.2. The summed E-state index contributed by atoms with van der Waals surface area (Å²) in [5, 5.41) is 5.50. The fraction of sp³-hybridized carbons (Fsp3) is 0.714. The van der Waals surface area contributed by atoms with Gasteiger partial charge in [0.15, 0.2) is 0 Å². The first kappa shape index (κ1) is 8.99. The second-order valence-electron chi connectivity index (χ2n) is 2.99. The third-order valence-electron chi connectivity index (χ3n) is 1.94. The molecule has 1 saturated heterocycles. The summed E-state index contributed by atoms with van der Waals surface area (Å²) in [5.74, 6) is -0.595. The molecule has 0 saturated carbocycles. The van der Waals surface area contributed by atoms with E-state index in [2.05, 4.69) is 10.6 Å². The Labute approximate surface area is 70.7 Å². The molecule has 1 atom stereocenters. The summed E-state index contributed by atoms with van der Waals surface area (Å²) in [7, 11) is 0. The van der Waals surface area contributed by atoms with E-state index in [-0.39, 0.29) is 11.8 Å². The third-order valence-corrected chi connectivity index (χ3v) is 1.94. The SMILES string of the molecule is C[C@@H](NC(=O)C1CNC1)C(N)=O. The van der Waals surface area contributed by atoms with Crippen molar-refractivity contribution in [1.82, 2.24) is 10.6 Å². The summed E-state index contributed by atoms with van der Waals surface area (Å²) < 4.78 is 0. The van der Waals surface area contributed by atoms with Gasteiger partial charge in [0.25, 0.3) is 0 Å². The molecule has 0 aromatic heterocycles. The van der Waals surface area contributed by atoms with Gasteiger partial charge in [0, 0.05) is 13.1 Å². The molecule has 1 aliphatic heterocycles. The maximum atomic E-state index is 11.2. The lowest BCUT2D eigenvalue weighted by Gasteiger charge is -2.26. The summed E-state index contributed by atoms with van der Waals surface area (Å²) in [6, 6.07) is -0.571. The van der Waals surface area contributed by atoms with Crippen molar-refractivity contribution < 1.29 is 9.59 Å². The summed E-state index contributed by atoms with van der Waals surface area (Å²) >= 11 is 0. The van der Waals surface area contributed by atoms with E-state index in [1.54, 1.807) is 6.92 Å². The third kappa shape index (κ3) is 1.94. The van der Waals surface area contributed by atoms with Crippen LogP contribution in [0.2, 0.25) is 0 Å². The van der Waals surface area contributed by atoms with Gasteiger partial charge in [-0.15, -0.1) is 0 Å². The summed E-state index contributed by atoms with van der Waals surface area (Å²) in [5.41, 5.74) is 4.97. The van der Waals surface area contributed by atoms with E-state index >= 15 is 0 Å². The van der Waals surface area contributed by atoms with Crippen LogP contribution in [-0.4, -0.2) is 30.9 Å². The summed E-state index contributed by atoms with van der Waals surface area (Å²) in [4.78, 5) is 21.7. The molecule has 1 heterocycles. The average molecular weight is 171 g/mol. The molecule has 2 amide bonds. The molecular formula is C7H13N3O2. The van der Waals surface area contributed by atoms with Crippen molar-refractivity contribution in [1.29, 1.82) is 0 Å². The van der Waals surface area contributed by atoms with Gasteiger partial charge in [0.1, 0.15) is 6.04 Å². The number of nitrogens with two attached hydrogens (primary N) is 1. The molecule has 1 fully saturated rings. The van der Waals surface area contributed by atoms with E-state index in [4.69, 9.17) is 5.73 Å².